The largest absolute Gasteiger partial charge is 0.495 e. The van der Waals surface area contributed by atoms with Crippen LogP contribution in [0.15, 0.2) is 17.0 Å². The second-order valence-corrected chi connectivity index (χ2v) is 6.66. The van der Waals surface area contributed by atoms with Crippen LogP contribution in [0.2, 0.25) is 0 Å². The van der Waals surface area contributed by atoms with Gasteiger partial charge in [-0.15, -0.1) is 12.4 Å². The summed E-state index contributed by atoms with van der Waals surface area (Å²) in [6.45, 7) is 8.77. The van der Waals surface area contributed by atoms with Gasteiger partial charge < -0.3 is 10.1 Å². The lowest BCUT2D eigenvalue weighted by molar-refractivity contribution is 0.398. The highest BCUT2D eigenvalue weighted by Crippen LogP contribution is 2.28. The average Bonchev–Trinajstić information content (AvgIpc) is 2.36. The highest BCUT2D eigenvalue weighted by molar-refractivity contribution is 7.89. The summed E-state index contributed by atoms with van der Waals surface area (Å²) in [5.41, 5.74) is 1.70. The van der Waals surface area contributed by atoms with Crippen molar-refractivity contribution in [2.45, 2.75) is 38.6 Å². The lowest BCUT2D eigenvalue weighted by Crippen LogP contribution is -2.38. The predicted octanol–water partition coefficient (Wildman–Crippen LogP) is 2.01. The molecule has 0 spiro atoms. The van der Waals surface area contributed by atoms with Crippen molar-refractivity contribution < 1.29 is 13.2 Å². The van der Waals surface area contributed by atoms with E-state index < -0.39 is 10.0 Å². The topological polar surface area (TPSA) is 67.4 Å². The van der Waals surface area contributed by atoms with Crippen LogP contribution in [-0.2, 0) is 10.0 Å². The first-order valence-electron chi connectivity index (χ1n) is 6.70. The first kappa shape index (κ1) is 20.2. The molecule has 122 valence electrons. The molecule has 0 saturated heterocycles. The minimum atomic E-state index is -3.58. The molecule has 0 aromatic heterocycles. The van der Waals surface area contributed by atoms with Crippen LogP contribution in [0.1, 0.15) is 25.0 Å². The average molecular weight is 337 g/mol. The van der Waals surface area contributed by atoms with E-state index in [-0.39, 0.29) is 23.3 Å². The van der Waals surface area contributed by atoms with Gasteiger partial charge in [0.25, 0.3) is 0 Å². The summed E-state index contributed by atoms with van der Waals surface area (Å²) in [7, 11) is -2.09. The van der Waals surface area contributed by atoms with E-state index >= 15 is 0 Å². The van der Waals surface area contributed by atoms with Crippen LogP contribution in [0.5, 0.6) is 5.75 Å². The van der Waals surface area contributed by atoms with Gasteiger partial charge in [0, 0.05) is 12.6 Å². The van der Waals surface area contributed by atoms with Gasteiger partial charge in [0.05, 0.1) is 7.11 Å². The number of ether oxygens (including phenoxy) is 1. The quantitative estimate of drug-likeness (QED) is 0.799. The van der Waals surface area contributed by atoms with Crippen molar-refractivity contribution in [3.8, 4) is 5.75 Å². The number of likely N-dealkylation sites (N-methyl/N-ethyl adjacent to an activating group) is 1. The van der Waals surface area contributed by atoms with Crippen molar-refractivity contribution in [1.82, 2.24) is 10.0 Å². The third-order valence-corrected chi connectivity index (χ3v) is 4.44. The fourth-order valence-electron chi connectivity index (χ4n) is 2.11. The highest BCUT2D eigenvalue weighted by atomic mass is 35.5. The van der Waals surface area contributed by atoms with Crippen LogP contribution in [0.3, 0.4) is 0 Å². The number of sulfonamides is 1. The fraction of sp³-hybridized carbons (Fsp3) is 0.571. The molecule has 1 atom stereocenters. The normalized spacial score (nSPS) is 12.6. The fourth-order valence-corrected chi connectivity index (χ4v) is 3.56. The van der Waals surface area contributed by atoms with E-state index in [4.69, 9.17) is 4.74 Å². The lowest BCUT2D eigenvalue weighted by atomic mass is 10.1. The first-order chi connectivity index (χ1) is 9.31. The number of halogens is 1. The van der Waals surface area contributed by atoms with Crippen molar-refractivity contribution in [3.05, 3.63) is 23.3 Å². The molecule has 0 radical (unpaired) electrons. The van der Waals surface area contributed by atoms with Gasteiger partial charge in [0.1, 0.15) is 10.6 Å². The van der Waals surface area contributed by atoms with Crippen molar-refractivity contribution in [2.75, 3.05) is 20.2 Å². The lowest BCUT2D eigenvalue weighted by Gasteiger charge is -2.16. The number of hydrogen-bond donors (Lipinski definition) is 2. The van der Waals surface area contributed by atoms with Crippen LogP contribution in [0.25, 0.3) is 0 Å². The van der Waals surface area contributed by atoms with E-state index in [1.54, 1.807) is 6.07 Å². The number of methoxy groups -OCH3 is 1. The molecule has 0 saturated carbocycles. The molecule has 0 aliphatic heterocycles. The molecular weight excluding hydrogens is 312 g/mol. The van der Waals surface area contributed by atoms with Crippen LogP contribution < -0.4 is 14.8 Å². The Hall–Kier alpha value is -0.820. The third-order valence-electron chi connectivity index (χ3n) is 3.01. The number of aryl methyl sites for hydroxylation is 2. The summed E-state index contributed by atoms with van der Waals surface area (Å²) >= 11 is 0. The van der Waals surface area contributed by atoms with Crippen molar-refractivity contribution >= 4 is 22.4 Å². The molecule has 1 aromatic carbocycles. The molecular formula is C14H25ClN2O3S. The Labute approximate surface area is 133 Å². The molecule has 7 heteroatoms. The molecule has 0 amide bonds. The van der Waals surface area contributed by atoms with Gasteiger partial charge in [0.15, 0.2) is 0 Å². The molecule has 0 fully saturated rings. The van der Waals surface area contributed by atoms with E-state index in [1.165, 1.54) is 7.11 Å². The number of nitrogens with one attached hydrogen (secondary N) is 2. The monoisotopic (exact) mass is 336 g/mol. The van der Waals surface area contributed by atoms with Gasteiger partial charge in [-0.05, 0) is 44.5 Å². The van der Waals surface area contributed by atoms with E-state index in [0.29, 0.717) is 12.3 Å². The standard InChI is InChI=1S/C14H24N2O3S.ClH/c1-6-15-12(4)9-16-20(17,18)13-8-10(2)7-11(3)14(13)19-5;/h7-8,12,15-16H,6,9H2,1-5H3;1H/t12-;/m1./s1. The third kappa shape index (κ3) is 5.47. The molecule has 0 heterocycles. The van der Waals surface area contributed by atoms with Crippen molar-refractivity contribution in [2.24, 2.45) is 0 Å². The second kappa shape index (κ2) is 8.58. The minimum absolute atomic E-state index is 0. The summed E-state index contributed by atoms with van der Waals surface area (Å²) in [4.78, 5) is 0.196. The summed E-state index contributed by atoms with van der Waals surface area (Å²) in [5.74, 6) is 0.402. The van der Waals surface area contributed by atoms with E-state index in [0.717, 1.165) is 17.7 Å². The zero-order chi connectivity index (χ0) is 15.3. The van der Waals surface area contributed by atoms with Gasteiger partial charge in [-0.1, -0.05) is 13.0 Å². The van der Waals surface area contributed by atoms with Gasteiger partial charge >= 0.3 is 0 Å². The van der Waals surface area contributed by atoms with Gasteiger partial charge in [-0.3, -0.25) is 0 Å². The van der Waals surface area contributed by atoms with Gasteiger partial charge in [0.2, 0.25) is 10.0 Å². The first-order valence-corrected chi connectivity index (χ1v) is 8.18. The van der Waals surface area contributed by atoms with E-state index in [9.17, 15) is 8.42 Å². The molecule has 0 unspecified atom stereocenters. The molecule has 0 bridgehead atoms. The number of benzene rings is 1. The molecule has 2 N–H and O–H groups in total. The maximum Gasteiger partial charge on any atom is 0.244 e. The molecule has 0 aliphatic carbocycles. The Morgan fingerprint density at radius 2 is 1.90 bits per heavy atom. The van der Waals surface area contributed by atoms with Crippen molar-refractivity contribution in [3.63, 3.8) is 0 Å². The van der Waals surface area contributed by atoms with Crippen LogP contribution in [0, 0.1) is 13.8 Å². The SMILES string of the molecule is CCN[C@H](C)CNS(=O)(=O)c1cc(C)cc(C)c1OC.Cl. The van der Waals surface area contributed by atoms with Crippen molar-refractivity contribution in [1.29, 1.82) is 0 Å². The maximum absolute atomic E-state index is 12.4. The van der Waals surface area contributed by atoms with Gasteiger partial charge in [-0.25, -0.2) is 13.1 Å². The Bertz CT molecular complexity index is 562. The molecule has 1 rings (SSSR count). The molecule has 21 heavy (non-hydrogen) atoms. The van der Waals surface area contributed by atoms with E-state index in [1.807, 2.05) is 33.8 Å². The van der Waals surface area contributed by atoms with Gasteiger partial charge in [-0.2, -0.15) is 0 Å². The Morgan fingerprint density at radius 3 is 2.43 bits per heavy atom. The van der Waals surface area contributed by atoms with Crippen LogP contribution in [-0.4, -0.2) is 34.7 Å². The summed E-state index contributed by atoms with van der Waals surface area (Å²) in [6, 6.07) is 3.61. The van der Waals surface area contributed by atoms with Crippen LogP contribution in [0.4, 0.5) is 0 Å². The number of hydrogen-bond acceptors (Lipinski definition) is 4. The smallest absolute Gasteiger partial charge is 0.244 e. The molecule has 0 aliphatic rings. The number of rotatable bonds is 7. The summed E-state index contributed by atoms with van der Waals surface area (Å²) in [5, 5.41) is 3.16. The molecule has 5 nitrogen and oxygen atoms in total. The zero-order valence-electron chi connectivity index (χ0n) is 13.2. The summed E-state index contributed by atoms with van der Waals surface area (Å²) in [6.07, 6.45) is 0. The second-order valence-electron chi connectivity index (χ2n) is 4.92. The predicted molar refractivity (Wildman–Crippen MR) is 88.0 cm³/mol. The Balaban J connectivity index is 0.00000400. The Kier molecular flexibility index (Phi) is 8.25. The summed E-state index contributed by atoms with van der Waals surface area (Å²) < 4.78 is 32.7. The zero-order valence-corrected chi connectivity index (χ0v) is 14.8. The van der Waals surface area contributed by atoms with Crippen LogP contribution >= 0.6 is 12.4 Å². The maximum atomic E-state index is 12.4. The minimum Gasteiger partial charge on any atom is -0.495 e. The van der Waals surface area contributed by atoms with E-state index in [2.05, 4.69) is 10.0 Å². The Morgan fingerprint density at radius 1 is 1.29 bits per heavy atom. The highest BCUT2D eigenvalue weighted by Gasteiger charge is 2.21. The molecule has 1 aromatic rings.